The van der Waals surface area contributed by atoms with Crippen LogP contribution in [0.5, 0.6) is 11.5 Å². The second-order valence-corrected chi connectivity index (χ2v) is 10.4. The summed E-state index contributed by atoms with van der Waals surface area (Å²) in [5.74, 6) is 2.86. The SMILES string of the molecule is CCCN(CC1CC2CCC(C1)N2Cc1ccccc1)C1Cc2c(OC)ccc(OC)c2C1. The van der Waals surface area contributed by atoms with Crippen molar-refractivity contribution in [3.63, 3.8) is 0 Å². The summed E-state index contributed by atoms with van der Waals surface area (Å²) in [4.78, 5) is 5.62. The van der Waals surface area contributed by atoms with E-state index < -0.39 is 0 Å². The van der Waals surface area contributed by atoms with Gasteiger partial charge in [0.1, 0.15) is 11.5 Å². The minimum absolute atomic E-state index is 0.560. The number of ether oxygens (including phenoxy) is 2. The van der Waals surface area contributed by atoms with Crippen LogP contribution in [0.1, 0.15) is 55.7 Å². The molecule has 2 unspecified atom stereocenters. The lowest BCUT2D eigenvalue weighted by Gasteiger charge is -2.41. The van der Waals surface area contributed by atoms with Gasteiger partial charge in [-0.15, -0.1) is 0 Å². The molecular formula is C29H40N2O2. The maximum atomic E-state index is 5.71. The zero-order valence-corrected chi connectivity index (χ0v) is 20.6. The summed E-state index contributed by atoms with van der Waals surface area (Å²) in [5.41, 5.74) is 4.19. The Hall–Kier alpha value is -2.04. The predicted molar refractivity (Wildman–Crippen MR) is 134 cm³/mol. The Labute approximate surface area is 199 Å². The minimum Gasteiger partial charge on any atom is -0.496 e. The van der Waals surface area contributed by atoms with E-state index in [-0.39, 0.29) is 0 Å². The molecular weight excluding hydrogens is 408 g/mol. The minimum atomic E-state index is 0.560. The van der Waals surface area contributed by atoms with Crippen LogP contribution in [0.25, 0.3) is 0 Å². The summed E-state index contributed by atoms with van der Waals surface area (Å²) in [6.07, 6.45) is 8.84. The molecule has 1 aliphatic carbocycles. The maximum Gasteiger partial charge on any atom is 0.122 e. The standard InChI is InChI=1S/C29H40N2O2/c1-4-14-30(25-17-26-27(18-25)29(33-3)13-12-28(26)32-2)19-22-15-23-10-11-24(16-22)31(23)20-21-8-6-5-7-9-21/h5-9,12-13,22-25H,4,10-11,14-20H2,1-3H3. The highest BCUT2D eigenvalue weighted by atomic mass is 16.5. The number of nitrogens with zero attached hydrogens (tertiary/aromatic N) is 2. The molecule has 0 spiro atoms. The van der Waals surface area contributed by atoms with Crippen LogP contribution in [-0.4, -0.2) is 55.2 Å². The molecule has 4 heteroatoms. The molecule has 2 heterocycles. The van der Waals surface area contributed by atoms with Gasteiger partial charge >= 0.3 is 0 Å². The third kappa shape index (κ3) is 4.65. The summed E-state index contributed by atoms with van der Waals surface area (Å²) in [7, 11) is 3.58. The zero-order chi connectivity index (χ0) is 22.8. The van der Waals surface area contributed by atoms with E-state index in [4.69, 9.17) is 9.47 Å². The first-order valence-electron chi connectivity index (χ1n) is 13.0. The molecule has 2 saturated heterocycles. The Kier molecular flexibility index (Phi) is 6.94. The van der Waals surface area contributed by atoms with E-state index in [2.05, 4.69) is 59.2 Å². The van der Waals surface area contributed by atoms with Crippen LogP contribution < -0.4 is 9.47 Å². The van der Waals surface area contributed by atoms with Crippen LogP contribution in [0.2, 0.25) is 0 Å². The lowest BCUT2D eigenvalue weighted by atomic mass is 9.89. The van der Waals surface area contributed by atoms with Gasteiger partial charge in [-0.1, -0.05) is 37.3 Å². The fraction of sp³-hybridized carbons (Fsp3) is 0.586. The highest BCUT2D eigenvalue weighted by Crippen LogP contribution is 2.42. The smallest absolute Gasteiger partial charge is 0.122 e. The van der Waals surface area contributed by atoms with Gasteiger partial charge < -0.3 is 9.47 Å². The molecule has 3 aliphatic rings. The van der Waals surface area contributed by atoms with E-state index in [0.717, 1.165) is 48.9 Å². The molecule has 0 aromatic heterocycles. The molecule has 2 atom stereocenters. The van der Waals surface area contributed by atoms with Crippen LogP contribution >= 0.6 is 0 Å². The van der Waals surface area contributed by atoms with Crippen LogP contribution in [0.4, 0.5) is 0 Å². The number of hydrogen-bond donors (Lipinski definition) is 0. The first kappa shape index (κ1) is 22.7. The maximum absolute atomic E-state index is 5.71. The van der Waals surface area contributed by atoms with Crippen molar-refractivity contribution in [3.05, 3.63) is 59.2 Å². The highest BCUT2D eigenvalue weighted by Gasteiger charge is 2.41. The molecule has 4 nitrogen and oxygen atoms in total. The largest absolute Gasteiger partial charge is 0.496 e. The quantitative estimate of drug-likeness (QED) is 0.518. The molecule has 0 N–H and O–H groups in total. The van der Waals surface area contributed by atoms with E-state index in [1.54, 1.807) is 14.2 Å². The summed E-state index contributed by atoms with van der Waals surface area (Å²) in [6.45, 7) is 5.87. The molecule has 2 bridgehead atoms. The fourth-order valence-electron chi connectivity index (χ4n) is 6.91. The summed E-state index contributed by atoms with van der Waals surface area (Å²) in [6, 6.07) is 17.3. The molecule has 2 aromatic rings. The molecule has 2 aromatic carbocycles. The summed E-state index contributed by atoms with van der Waals surface area (Å²) >= 11 is 0. The summed E-state index contributed by atoms with van der Waals surface area (Å²) < 4.78 is 11.4. The van der Waals surface area contributed by atoms with Crippen molar-refractivity contribution < 1.29 is 9.47 Å². The van der Waals surface area contributed by atoms with E-state index in [1.165, 1.54) is 61.9 Å². The Balaban J connectivity index is 1.25. The van der Waals surface area contributed by atoms with Gasteiger partial charge in [0.05, 0.1) is 14.2 Å². The molecule has 0 saturated carbocycles. The molecule has 33 heavy (non-hydrogen) atoms. The molecule has 5 rings (SSSR count). The molecule has 2 aliphatic heterocycles. The van der Waals surface area contributed by atoms with Crippen LogP contribution in [0.15, 0.2) is 42.5 Å². The van der Waals surface area contributed by atoms with E-state index in [9.17, 15) is 0 Å². The Morgan fingerprint density at radius 2 is 1.48 bits per heavy atom. The predicted octanol–water partition coefficient (Wildman–Crippen LogP) is 5.33. The Bertz CT molecular complexity index is 884. The first-order chi connectivity index (χ1) is 16.2. The molecule has 178 valence electrons. The second kappa shape index (κ2) is 10.1. The molecule has 2 fully saturated rings. The summed E-state index contributed by atoms with van der Waals surface area (Å²) in [5, 5.41) is 0. The van der Waals surface area contributed by atoms with Gasteiger partial charge in [-0.25, -0.2) is 0 Å². The van der Waals surface area contributed by atoms with Gasteiger partial charge in [-0.05, 0) is 75.1 Å². The zero-order valence-electron chi connectivity index (χ0n) is 20.6. The third-order valence-electron chi connectivity index (χ3n) is 8.37. The van der Waals surface area contributed by atoms with Crippen molar-refractivity contribution in [1.29, 1.82) is 0 Å². The fourth-order valence-corrected chi connectivity index (χ4v) is 6.91. The average Bonchev–Trinajstić information content (AvgIpc) is 3.37. The van der Waals surface area contributed by atoms with E-state index in [1.807, 2.05) is 0 Å². The van der Waals surface area contributed by atoms with Crippen molar-refractivity contribution in [3.8, 4) is 11.5 Å². The van der Waals surface area contributed by atoms with Crippen molar-refractivity contribution in [2.45, 2.75) is 76.5 Å². The normalized spacial score (nSPS) is 24.9. The van der Waals surface area contributed by atoms with Crippen LogP contribution in [-0.2, 0) is 19.4 Å². The number of benzene rings is 2. The van der Waals surface area contributed by atoms with Gasteiger partial charge in [-0.2, -0.15) is 0 Å². The van der Waals surface area contributed by atoms with Gasteiger partial charge in [0, 0.05) is 42.3 Å². The number of hydrogen-bond acceptors (Lipinski definition) is 4. The number of methoxy groups -OCH3 is 2. The molecule has 0 amide bonds. The number of rotatable bonds is 9. The van der Waals surface area contributed by atoms with Crippen LogP contribution in [0.3, 0.4) is 0 Å². The van der Waals surface area contributed by atoms with Gasteiger partial charge in [-0.3, -0.25) is 9.80 Å². The highest BCUT2D eigenvalue weighted by molar-refractivity contribution is 5.52. The van der Waals surface area contributed by atoms with Gasteiger partial charge in [0.25, 0.3) is 0 Å². The van der Waals surface area contributed by atoms with Crippen LogP contribution in [0, 0.1) is 5.92 Å². The van der Waals surface area contributed by atoms with E-state index in [0.29, 0.717) is 6.04 Å². The van der Waals surface area contributed by atoms with E-state index >= 15 is 0 Å². The van der Waals surface area contributed by atoms with Gasteiger partial charge in [0.2, 0.25) is 0 Å². The first-order valence-corrected chi connectivity index (χ1v) is 13.0. The third-order valence-corrected chi connectivity index (χ3v) is 8.37. The lowest BCUT2D eigenvalue weighted by molar-refractivity contribution is 0.0669. The number of piperidine rings is 1. The van der Waals surface area contributed by atoms with Crippen molar-refractivity contribution in [2.24, 2.45) is 5.92 Å². The molecule has 0 radical (unpaired) electrons. The monoisotopic (exact) mass is 448 g/mol. The Morgan fingerprint density at radius 3 is 2.03 bits per heavy atom. The van der Waals surface area contributed by atoms with Crippen molar-refractivity contribution >= 4 is 0 Å². The topological polar surface area (TPSA) is 24.9 Å². The van der Waals surface area contributed by atoms with Crippen molar-refractivity contribution in [1.82, 2.24) is 9.80 Å². The second-order valence-electron chi connectivity index (χ2n) is 10.4. The van der Waals surface area contributed by atoms with Crippen molar-refractivity contribution in [2.75, 3.05) is 27.3 Å². The average molecular weight is 449 g/mol. The number of fused-ring (bicyclic) bond motifs is 3. The van der Waals surface area contributed by atoms with Gasteiger partial charge in [0.15, 0.2) is 0 Å². The lowest BCUT2D eigenvalue weighted by Crippen LogP contribution is -2.47. The Morgan fingerprint density at radius 1 is 0.879 bits per heavy atom.